The lowest BCUT2D eigenvalue weighted by Gasteiger charge is -2.25. The molecule has 88 valence electrons. The third-order valence-corrected chi connectivity index (χ3v) is 3.27. The van der Waals surface area contributed by atoms with Crippen LogP contribution in [0.1, 0.15) is 18.0 Å². The zero-order valence-corrected chi connectivity index (χ0v) is 10.1. The number of likely N-dealkylation sites (N-methyl/N-ethyl adjacent to an activating group) is 1. The summed E-state index contributed by atoms with van der Waals surface area (Å²) < 4.78 is 5.18. The third kappa shape index (κ3) is 2.54. The zero-order valence-electron chi connectivity index (χ0n) is 10.1. The Kier molecular flexibility index (Phi) is 3.80. The number of benzene rings is 1. The molecule has 1 atom stereocenters. The largest absolute Gasteiger partial charge is 0.497 e. The summed E-state index contributed by atoms with van der Waals surface area (Å²) in [6, 6.07) is 8.96. The lowest BCUT2D eigenvalue weighted by molar-refractivity contribution is 0.258. The predicted octanol–water partition coefficient (Wildman–Crippen LogP) is 1.66. The summed E-state index contributed by atoms with van der Waals surface area (Å²) in [6.07, 6.45) is 1.17. The van der Waals surface area contributed by atoms with Gasteiger partial charge in [-0.25, -0.2) is 0 Å². The van der Waals surface area contributed by atoms with Gasteiger partial charge in [0.25, 0.3) is 0 Å². The van der Waals surface area contributed by atoms with E-state index in [1.54, 1.807) is 7.11 Å². The molecule has 1 N–H and O–H groups in total. The van der Waals surface area contributed by atoms with Gasteiger partial charge in [0.05, 0.1) is 7.11 Å². The smallest absolute Gasteiger partial charge is 0.118 e. The van der Waals surface area contributed by atoms with Gasteiger partial charge in [0.1, 0.15) is 5.75 Å². The Morgan fingerprint density at radius 3 is 2.69 bits per heavy atom. The Labute approximate surface area is 97.4 Å². The van der Waals surface area contributed by atoms with E-state index in [2.05, 4.69) is 29.4 Å². The van der Waals surface area contributed by atoms with Crippen LogP contribution in [0.15, 0.2) is 24.3 Å². The Bertz CT molecular complexity index is 323. The van der Waals surface area contributed by atoms with Gasteiger partial charge in [0.15, 0.2) is 0 Å². The van der Waals surface area contributed by atoms with Crippen LogP contribution in [0.4, 0.5) is 0 Å². The Morgan fingerprint density at radius 2 is 2.00 bits per heavy atom. The van der Waals surface area contributed by atoms with E-state index in [1.165, 1.54) is 12.0 Å². The van der Waals surface area contributed by atoms with Crippen LogP contribution in [-0.2, 0) is 0 Å². The van der Waals surface area contributed by atoms with Crippen molar-refractivity contribution in [3.8, 4) is 5.75 Å². The van der Waals surface area contributed by atoms with Crippen molar-refractivity contribution in [3.05, 3.63) is 29.8 Å². The average molecular weight is 220 g/mol. The molecule has 0 bridgehead atoms. The standard InChI is InChI=1S/C13H20N2O/c1-15-10-9-14-8-7-13(15)11-3-5-12(16-2)6-4-11/h3-6,13-14H,7-10H2,1-2H3. The lowest BCUT2D eigenvalue weighted by Crippen LogP contribution is -2.26. The van der Waals surface area contributed by atoms with Gasteiger partial charge >= 0.3 is 0 Å². The van der Waals surface area contributed by atoms with E-state index in [4.69, 9.17) is 4.74 Å². The molecule has 0 spiro atoms. The molecule has 1 unspecified atom stereocenters. The highest BCUT2D eigenvalue weighted by Crippen LogP contribution is 2.25. The van der Waals surface area contributed by atoms with Crippen LogP contribution < -0.4 is 10.1 Å². The quantitative estimate of drug-likeness (QED) is 0.820. The monoisotopic (exact) mass is 220 g/mol. The molecule has 0 aromatic heterocycles. The van der Waals surface area contributed by atoms with Crippen molar-refractivity contribution in [2.45, 2.75) is 12.5 Å². The Balaban J connectivity index is 2.14. The van der Waals surface area contributed by atoms with Gasteiger partial charge in [-0.3, -0.25) is 4.90 Å². The van der Waals surface area contributed by atoms with E-state index >= 15 is 0 Å². The van der Waals surface area contributed by atoms with E-state index in [9.17, 15) is 0 Å². The van der Waals surface area contributed by atoms with E-state index in [-0.39, 0.29) is 0 Å². The fourth-order valence-electron chi connectivity index (χ4n) is 2.24. The summed E-state index contributed by atoms with van der Waals surface area (Å²) in [4.78, 5) is 2.42. The van der Waals surface area contributed by atoms with Crippen molar-refractivity contribution in [2.24, 2.45) is 0 Å². The minimum Gasteiger partial charge on any atom is -0.497 e. The summed E-state index contributed by atoms with van der Waals surface area (Å²) in [5, 5.41) is 3.43. The first-order chi connectivity index (χ1) is 7.81. The summed E-state index contributed by atoms with van der Waals surface area (Å²) >= 11 is 0. The van der Waals surface area contributed by atoms with Crippen molar-refractivity contribution >= 4 is 0 Å². The molecule has 1 aromatic carbocycles. The number of nitrogens with zero attached hydrogens (tertiary/aromatic N) is 1. The molecule has 0 radical (unpaired) electrons. The summed E-state index contributed by atoms with van der Waals surface area (Å²) in [5.74, 6) is 0.929. The minimum atomic E-state index is 0.529. The van der Waals surface area contributed by atoms with Crippen LogP contribution in [0.5, 0.6) is 5.75 Å². The van der Waals surface area contributed by atoms with E-state index in [0.29, 0.717) is 6.04 Å². The third-order valence-electron chi connectivity index (χ3n) is 3.27. The average Bonchev–Trinajstić information content (AvgIpc) is 2.54. The first-order valence-corrected chi connectivity index (χ1v) is 5.86. The van der Waals surface area contributed by atoms with Crippen LogP contribution in [0.25, 0.3) is 0 Å². The van der Waals surface area contributed by atoms with Gasteiger partial charge in [-0.2, -0.15) is 0 Å². The molecule has 1 saturated heterocycles. The molecule has 0 amide bonds. The first kappa shape index (κ1) is 11.4. The van der Waals surface area contributed by atoms with E-state index in [0.717, 1.165) is 25.4 Å². The lowest BCUT2D eigenvalue weighted by atomic mass is 10.0. The van der Waals surface area contributed by atoms with E-state index in [1.807, 2.05) is 12.1 Å². The highest BCUT2D eigenvalue weighted by molar-refractivity contribution is 5.29. The molecule has 3 heteroatoms. The first-order valence-electron chi connectivity index (χ1n) is 5.86. The molecule has 1 aliphatic heterocycles. The Morgan fingerprint density at radius 1 is 1.25 bits per heavy atom. The van der Waals surface area contributed by atoms with Crippen LogP contribution in [0.3, 0.4) is 0 Å². The highest BCUT2D eigenvalue weighted by Gasteiger charge is 2.18. The summed E-state index contributed by atoms with van der Waals surface area (Å²) in [6.45, 7) is 3.29. The van der Waals surface area contributed by atoms with Crippen LogP contribution >= 0.6 is 0 Å². The second-order valence-corrected chi connectivity index (χ2v) is 4.31. The van der Waals surface area contributed by atoms with Gasteiger partial charge in [-0.1, -0.05) is 12.1 Å². The van der Waals surface area contributed by atoms with Crippen LogP contribution in [0.2, 0.25) is 0 Å². The second kappa shape index (κ2) is 5.32. The zero-order chi connectivity index (χ0) is 11.4. The molecular weight excluding hydrogens is 200 g/mol. The second-order valence-electron chi connectivity index (χ2n) is 4.31. The number of nitrogens with one attached hydrogen (secondary N) is 1. The number of hydrogen-bond donors (Lipinski definition) is 1. The molecule has 3 nitrogen and oxygen atoms in total. The van der Waals surface area contributed by atoms with Crippen molar-refractivity contribution in [1.82, 2.24) is 10.2 Å². The molecule has 1 heterocycles. The molecule has 1 aliphatic rings. The molecule has 1 fully saturated rings. The maximum Gasteiger partial charge on any atom is 0.118 e. The fourth-order valence-corrected chi connectivity index (χ4v) is 2.24. The predicted molar refractivity (Wildman–Crippen MR) is 65.9 cm³/mol. The summed E-state index contributed by atoms with van der Waals surface area (Å²) in [5.41, 5.74) is 1.38. The number of rotatable bonds is 2. The molecule has 2 rings (SSSR count). The van der Waals surface area contributed by atoms with Crippen molar-refractivity contribution in [3.63, 3.8) is 0 Å². The van der Waals surface area contributed by atoms with Gasteiger partial charge in [0, 0.05) is 19.1 Å². The van der Waals surface area contributed by atoms with Crippen molar-refractivity contribution in [1.29, 1.82) is 0 Å². The number of ether oxygens (including phenoxy) is 1. The van der Waals surface area contributed by atoms with Gasteiger partial charge in [-0.15, -0.1) is 0 Å². The maximum atomic E-state index is 5.18. The van der Waals surface area contributed by atoms with Gasteiger partial charge in [-0.05, 0) is 37.7 Å². The van der Waals surface area contributed by atoms with Crippen molar-refractivity contribution in [2.75, 3.05) is 33.8 Å². The highest BCUT2D eigenvalue weighted by atomic mass is 16.5. The van der Waals surface area contributed by atoms with E-state index < -0.39 is 0 Å². The summed E-state index contributed by atoms with van der Waals surface area (Å²) in [7, 11) is 3.90. The SMILES string of the molecule is COc1ccc(C2CCNCCN2C)cc1. The normalized spacial score (nSPS) is 22.8. The van der Waals surface area contributed by atoms with Gasteiger partial charge in [0.2, 0.25) is 0 Å². The molecular formula is C13H20N2O. The molecule has 0 aliphatic carbocycles. The number of methoxy groups -OCH3 is 1. The molecule has 1 aromatic rings. The molecule has 16 heavy (non-hydrogen) atoms. The van der Waals surface area contributed by atoms with Crippen LogP contribution in [0, 0.1) is 0 Å². The number of hydrogen-bond acceptors (Lipinski definition) is 3. The van der Waals surface area contributed by atoms with Crippen LogP contribution in [-0.4, -0.2) is 38.7 Å². The van der Waals surface area contributed by atoms with Gasteiger partial charge < -0.3 is 10.1 Å². The fraction of sp³-hybridized carbons (Fsp3) is 0.538. The molecule has 0 saturated carbocycles. The topological polar surface area (TPSA) is 24.5 Å². The Hall–Kier alpha value is -1.06. The maximum absolute atomic E-state index is 5.18. The van der Waals surface area contributed by atoms with Crippen molar-refractivity contribution < 1.29 is 4.74 Å². The minimum absolute atomic E-state index is 0.529.